The molecule has 0 saturated heterocycles. The minimum atomic E-state index is -0.864. The largest absolute Gasteiger partial charge is 0.508 e. The fourth-order valence-electron chi connectivity index (χ4n) is 8.70. The van der Waals surface area contributed by atoms with E-state index in [0.29, 0.717) is 11.5 Å². The van der Waals surface area contributed by atoms with Gasteiger partial charge >= 0.3 is 0 Å². The number of benzene rings is 6. The second kappa shape index (κ2) is 12.6. The van der Waals surface area contributed by atoms with Crippen LogP contribution in [0.15, 0.2) is 121 Å². The summed E-state index contributed by atoms with van der Waals surface area (Å²) in [6.45, 7) is 8.88. The highest BCUT2D eigenvalue weighted by atomic mass is 31.1. The number of phenols is 2. The molecule has 2 nitrogen and oxygen atoms in total. The Balaban J connectivity index is 1.35. The molecule has 8 rings (SSSR count). The molecule has 2 aliphatic rings. The van der Waals surface area contributed by atoms with E-state index in [1.807, 2.05) is 12.1 Å². The van der Waals surface area contributed by atoms with Crippen molar-refractivity contribution in [1.82, 2.24) is 0 Å². The fourth-order valence-corrected chi connectivity index (χ4v) is 14.3. The van der Waals surface area contributed by atoms with Gasteiger partial charge in [0.05, 0.1) is 0 Å². The molecule has 4 heteroatoms. The quantitative estimate of drug-likeness (QED) is 0.176. The SMILES string of the molecule is Cc1ccccc1P(c1ccccc1C)c1ccc(O)c2c1CCC21CCc2c(P(c3ccccc3C)c3ccccc3C)ccc(O)c21. The van der Waals surface area contributed by atoms with Gasteiger partial charge < -0.3 is 10.2 Å². The van der Waals surface area contributed by atoms with Crippen molar-refractivity contribution >= 4 is 47.7 Å². The van der Waals surface area contributed by atoms with E-state index in [2.05, 4.69) is 137 Å². The lowest BCUT2D eigenvalue weighted by molar-refractivity contribution is 0.416. The maximum atomic E-state index is 11.9. The summed E-state index contributed by atoms with van der Waals surface area (Å²) >= 11 is 0. The number of aryl methyl sites for hydroxylation is 4. The summed E-state index contributed by atoms with van der Waals surface area (Å²) < 4.78 is 0. The summed E-state index contributed by atoms with van der Waals surface area (Å²) in [6.07, 6.45) is 3.52. The third-order valence-electron chi connectivity index (χ3n) is 11.0. The molecule has 6 aromatic rings. The van der Waals surface area contributed by atoms with Crippen molar-refractivity contribution in [2.75, 3.05) is 0 Å². The van der Waals surface area contributed by atoms with Crippen LogP contribution in [0.5, 0.6) is 11.5 Å². The molecule has 0 unspecified atom stereocenters. The Morgan fingerprint density at radius 1 is 0.408 bits per heavy atom. The van der Waals surface area contributed by atoms with E-state index in [9.17, 15) is 10.2 Å². The average Bonchev–Trinajstić information content (AvgIpc) is 3.69. The van der Waals surface area contributed by atoms with Crippen molar-refractivity contribution in [2.24, 2.45) is 0 Å². The van der Waals surface area contributed by atoms with Crippen LogP contribution in [-0.4, -0.2) is 10.2 Å². The Hall–Kier alpha value is -4.22. The molecule has 0 radical (unpaired) electrons. The van der Waals surface area contributed by atoms with Gasteiger partial charge in [-0.05, 0) is 159 Å². The fraction of sp³-hybridized carbons (Fsp3) is 0.200. The Morgan fingerprint density at radius 3 is 1.02 bits per heavy atom. The highest BCUT2D eigenvalue weighted by molar-refractivity contribution is 7.80. The molecule has 2 aliphatic carbocycles. The Kier molecular flexibility index (Phi) is 8.22. The Labute approximate surface area is 293 Å². The van der Waals surface area contributed by atoms with Crippen LogP contribution in [0, 0.1) is 27.7 Å². The third kappa shape index (κ3) is 5.15. The van der Waals surface area contributed by atoms with Crippen molar-refractivity contribution in [2.45, 2.75) is 58.8 Å². The molecule has 1 spiro atoms. The first-order chi connectivity index (χ1) is 23.8. The average molecular weight is 677 g/mol. The molecule has 0 saturated carbocycles. The van der Waals surface area contributed by atoms with E-state index >= 15 is 0 Å². The van der Waals surface area contributed by atoms with E-state index in [1.54, 1.807) is 0 Å². The summed E-state index contributed by atoms with van der Waals surface area (Å²) in [7, 11) is -1.73. The summed E-state index contributed by atoms with van der Waals surface area (Å²) in [5.41, 5.74) is 9.37. The summed E-state index contributed by atoms with van der Waals surface area (Å²) in [5, 5.41) is 31.8. The van der Waals surface area contributed by atoms with E-state index in [4.69, 9.17) is 0 Å². The van der Waals surface area contributed by atoms with Crippen LogP contribution < -0.4 is 31.8 Å². The molecule has 244 valence electrons. The highest BCUT2D eigenvalue weighted by Gasteiger charge is 2.50. The monoisotopic (exact) mass is 676 g/mol. The van der Waals surface area contributed by atoms with Crippen LogP contribution in [0.3, 0.4) is 0 Å². The van der Waals surface area contributed by atoms with Crippen molar-refractivity contribution in [1.29, 1.82) is 0 Å². The van der Waals surface area contributed by atoms with Gasteiger partial charge in [0, 0.05) is 16.5 Å². The van der Waals surface area contributed by atoms with Crippen LogP contribution in [0.1, 0.15) is 57.3 Å². The summed E-state index contributed by atoms with van der Waals surface area (Å²) in [5.74, 6) is 0.719. The van der Waals surface area contributed by atoms with E-state index in [1.165, 1.54) is 65.2 Å². The molecular formula is C45H42O2P2. The molecular weight excluding hydrogens is 634 g/mol. The van der Waals surface area contributed by atoms with E-state index < -0.39 is 21.3 Å². The minimum Gasteiger partial charge on any atom is -0.508 e. The molecule has 0 fully saturated rings. The molecule has 0 amide bonds. The standard InChI is InChI=1S/C45H42O2P2/c1-29-13-5-9-17-37(29)48(38-18-10-6-14-30(38)2)41-23-21-35(46)43-33(41)25-27-45(43)28-26-34-42(24-22-36(47)44(34)45)49(39-19-11-7-15-31(39)3)40-20-12-8-16-32(40)4/h5-24,46-47H,25-28H2,1-4H3. The van der Waals surface area contributed by atoms with Crippen molar-refractivity contribution in [3.8, 4) is 11.5 Å². The normalized spacial score (nSPS) is 14.5. The van der Waals surface area contributed by atoms with Crippen LogP contribution in [0.4, 0.5) is 0 Å². The molecule has 6 aromatic carbocycles. The molecule has 49 heavy (non-hydrogen) atoms. The van der Waals surface area contributed by atoms with Crippen molar-refractivity contribution in [3.05, 3.63) is 166 Å². The first kappa shape index (κ1) is 32.0. The zero-order valence-electron chi connectivity index (χ0n) is 28.7. The van der Waals surface area contributed by atoms with Gasteiger partial charge in [-0.25, -0.2) is 0 Å². The second-order valence-corrected chi connectivity index (χ2v) is 18.0. The Bertz CT molecular complexity index is 1990. The van der Waals surface area contributed by atoms with Crippen molar-refractivity contribution in [3.63, 3.8) is 0 Å². The van der Waals surface area contributed by atoms with Gasteiger partial charge in [0.2, 0.25) is 0 Å². The Morgan fingerprint density at radius 2 is 0.714 bits per heavy atom. The molecule has 0 atom stereocenters. The van der Waals surface area contributed by atoms with Gasteiger partial charge in [-0.2, -0.15) is 0 Å². The maximum Gasteiger partial charge on any atom is 0.119 e. The first-order valence-corrected chi connectivity index (χ1v) is 20.0. The first-order valence-electron chi connectivity index (χ1n) is 17.3. The maximum absolute atomic E-state index is 11.9. The molecule has 2 N–H and O–H groups in total. The van der Waals surface area contributed by atoms with E-state index in [0.717, 1.165) is 36.8 Å². The van der Waals surface area contributed by atoms with E-state index in [-0.39, 0.29) is 0 Å². The van der Waals surface area contributed by atoms with Gasteiger partial charge in [0.15, 0.2) is 0 Å². The zero-order chi connectivity index (χ0) is 33.9. The minimum absolute atomic E-state index is 0.360. The van der Waals surface area contributed by atoms with Gasteiger partial charge in [-0.15, -0.1) is 0 Å². The molecule has 0 aromatic heterocycles. The summed E-state index contributed by atoms with van der Waals surface area (Å²) in [6, 6.07) is 43.5. The van der Waals surface area contributed by atoms with Gasteiger partial charge in [-0.1, -0.05) is 97.1 Å². The number of rotatable bonds is 6. The lowest BCUT2D eigenvalue weighted by Crippen LogP contribution is -2.28. The molecule has 0 bridgehead atoms. The number of fused-ring (bicyclic) bond motifs is 4. The van der Waals surface area contributed by atoms with Gasteiger partial charge in [0.1, 0.15) is 11.5 Å². The number of hydrogen-bond acceptors (Lipinski definition) is 2. The topological polar surface area (TPSA) is 40.5 Å². The van der Waals surface area contributed by atoms with Gasteiger partial charge in [-0.3, -0.25) is 0 Å². The van der Waals surface area contributed by atoms with Crippen LogP contribution in [0.25, 0.3) is 0 Å². The van der Waals surface area contributed by atoms with Crippen LogP contribution >= 0.6 is 15.8 Å². The predicted molar refractivity (Wildman–Crippen MR) is 210 cm³/mol. The smallest absolute Gasteiger partial charge is 0.119 e. The lowest BCUT2D eigenvalue weighted by Gasteiger charge is -2.31. The van der Waals surface area contributed by atoms with Crippen molar-refractivity contribution < 1.29 is 10.2 Å². The van der Waals surface area contributed by atoms with Crippen LogP contribution in [0.2, 0.25) is 0 Å². The number of aromatic hydroxyl groups is 2. The summed E-state index contributed by atoms with van der Waals surface area (Å²) in [4.78, 5) is 0. The number of phenolic OH excluding ortho intramolecular Hbond substituents is 2. The predicted octanol–water partition coefficient (Wildman–Crippen LogP) is 8.03. The van der Waals surface area contributed by atoms with Crippen LogP contribution in [-0.2, 0) is 18.3 Å². The molecule has 0 aliphatic heterocycles. The second-order valence-electron chi connectivity index (χ2n) is 13.8. The third-order valence-corrected chi connectivity index (χ3v) is 16.7. The number of hydrogen-bond donors (Lipinski definition) is 2. The van der Waals surface area contributed by atoms with Gasteiger partial charge in [0.25, 0.3) is 0 Å². The molecule has 0 heterocycles. The highest BCUT2D eigenvalue weighted by Crippen LogP contribution is 2.59. The zero-order valence-corrected chi connectivity index (χ0v) is 30.5. The lowest BCUT2D eigenvalue weighted by atomic mass is 9.76.